The zero-order valence-corrected chi connectivity index (χ0v) is 24.2. The SMILES string of the molecule is CCCCCCOc1ccc(C2c3c(-c4cc(Cl)ccc4O)n[nH]c3C(=O)N2Cc2ccc(OC)cc2)cc1OC. The highest BCUT2D eigenvalue weighted by molar-refractivity contribution is 6.31. The lowest BCUT2D eigenvalue weighted by molar-refractivity contribution is 0.0730. The van der Waals surface area contributed by atoms with E-state index in [2.05, 4.69) is 17.1 Å². The van der Waals surface area contributed by atoms with Crippen molar-refractivity contribution < 1.29 is 24.1 Å². The lowest BCUT2D eigenvalue weighted by Crippen LogP contribution is -2.29. The Balaban J connectivity index is 1.56. The van der Waals surface area contributed by atoms with Gasteiger partial charge < -0.3 is 24.2 Å². The van der Waals surface area contributed by atoms with Gasteiger partial charge in [-0.25, -0.2) is 0 Å². The van der Waals surface area contributed by atoms with E-state index < -0.39 is 6.04 Å². The number of H-pyrrole nitrogens is 1. The fraction of sp³-hybridized carbons (Fsp3) is 0.312. The Morgan fingerprint density at radius 2 is 1.78 bits per heavy atom. The van der Waals surface area contributed by atoms with E-state index in [9.17, 15) is 9.90 Å². The molecule has 9 heteroatoms. The molecule has 0 saturated heterocycles. The van der Waals surface area contributed by atoms with Crippen molar-refractivity contribution in [3.63, 3.8) is 0 Å². The molecule has 4 aromatic rings. The number of unbranched alkanes of at least 4 members (excludes halogenated alkanes) is 3. The molecular formula is C32H34ClN3O5. The number of halogens is 1. The number of benzene rings is 3. The normalized spacial score (nSPS) is 14.3. The van der Waals surface area contributed by atoms with E-state index in [1.54, 1.807) is 31.3 Å². The van der Waals surface area contributed by atoms with Crippen molar-refractivity contribution in [1.82, 2.24) is 15.1 Å². The zero-order chi connectivity index (χ0) is 28.9. The first kappa shape index (κ1) is 28.4. The predicted molar refractivity (Wildman–Crippen MR) is 158 cm³/mol. The molecule has 214 valence electrons. The maximum absolute atomic E-state index is 13.8. The molecule has 0 bridgehead atoms. The van der Waals surface area contributed by atoms with Crippen molar-refractivity contribution in [3.05, 3.63) is 88.1 Å². The molecule has 5 rings (SSSR count). The van der Waals surface area contributed by atoms with Crippen LogP contribution in [0.25, 0.3) is 11.3 Å². The Bertz CT molecular complexity index is 1520. The second-order valence-electron chi connectivity index (χ2n) is 10.0. The molecule has 1 atom stereocenters. The maximum Gasteiger partial charge on any atom is 0.273 e. The van der Waals surface area contributed by atoms with Crippen LogP contribution >= 0.6 is 11.6 Å². The van der Waals surface area contributed by atoms with E-state index >= 15 is 0 Å². The molecule has 0 fully saturated rings. The van der Waals surface area contributed by atoms with Crippen molar-refractivity contribution >= 4 is 17.5 Å². The van der Waals surface area contributed by atoms with Gasteiger partial charge in [-0.3, -0.25) is 9.89 Å². The van der Waals surface area contributed by atoms with Crippen LogP contribution in [0, 0.1) is 0 Å². The highest BCUT2D eigenvalue weighted by Crippen LogP contribution is 2.47. The Hall–Kier alpha value is -4.17. The number of aromatic nitrogens is 2. The highest BCUT2D eigenvalue weighted by Gasteiger charge is 2.43. The molecule has 2 N–H and O–H groups in total. The summed E-state index contributed by atoms with van der Waals surface area (Å²) in [5.41, 5.74) is 3.70. The van der Waals surface area contributed by atoms with Crippen LogP contribution < -0.4 is 14.2 Å². The van der Waals surface area contributed by atoms with Crippen LogP contribution in [0.1, 0.15) is 65.8 Å². The molecule has 0 aliphatic carbocycles. The lowest BCUT2D eigenvalue weighted by Gasteiger charge is -2.27. The van der Waals surface area contributed by atoms with E-state index in [0.29, 0.717) is 52.2 Å². The lowest BCUT2D eigenvalue weighted by atomic mass is 9.95. The second kappa shape index (κ2) is 12.6. The van der Waals surface area contributed by atoms with Gasteiger partial charge in [-0.05, 0) is 60.0 Å². The number of rotatable bonds is 12. The van der Waals surface area contributed by atoms with Crippen LogP contribution in [0.3, 0.4) is 0 Å². The van der Waals surface area contributed by atoms with E-state index in [0.717, 1.165) is 36.1 Å². The molecule has 1 aliphatic rings. The molecule has 1 unspecified atom stereocenters. The van der Waals surface area contributed by atoms with Crippen LogP contribution in [0.15, 0.2) is 60.7 Å². The Kier molecular flexibility index (Phi) is 8.69. The summed E-state index contributed by atoms with van der Waals surface area (Å²) in [6.07, 6.45) is 4.42. The molecule has 2 heterocycles. The number of aromatic amines is 1. The molecule has 1 amide bonds. The summed E-state index contributed by atoms with van der Waals surface area (Å²) in [7, 11) is 3.23. The third-order valence-electron chi connectivity index (χ3n) is 7.35. The molecule has 1 aliphatic heterocycles. The number of aromatic hydroxyl groups is 1. The quantitative estimate of drug-likeness (QED) is 0.174. The smallest absolute Gasteiger partial charge is 0.273 e. The zero-order valence-electron chi connectivity index (χ0n) is 23.4. The molecule has 0 saturated carbocycles. The Morgan fingerprint density at radius 3 is 2.51 bits per heavy atom. The minimum Gasteiger partial charge on any atom is -0.507 e. The third kappa shape index (κ3) is 5.84. The molecule has 1 aromatic heterocycles. The number of carbonyl (C=O) groups is 1. The first-order valence-corrected chi connectivity index (χ1v) is 14.1. The molecule has 3 aromatic carbocycles. The number of nitrogens with zero attached hydrogens (tertiary/aromatic N) is 2. The summed E-state index contributed by atoms with van der Waals surface area (Å²) in [6, 6.07) is 17.6. The molecule has 0 radical (unpaired) electrons. The van der Waals surface area contributed by atoms with E-state index in [1.807, 2.05) is 42.5 Å². The van der Waals surface area contributed by atoms with Gasteiger partial charge in [-0.2, -0.15) is 5.10 Å². The van der Waals surface area contributed by atoms with Gasteiger partial charge >= 0.3 is 0 Å². The molecule has 0 spiro atoms. The van der Waals surface area contributed by atoms with E-state index in [4.69, 9.17) is 25.8 Å². The third-order valence-corrected chi connectivity index (χ3v) is 7.58. The largest absolute Gasteiger partial charge is 0.507 e. The fourth-order valence-electron chi connectivity index (χ4n) is 5.22. The van der Waals surface area contributed by atoms with Crippen molar-refractivity contribution in [1.29, 1.82) is 0 Å². The predicted octanol–water partition coefficient (Wildman–Crippen LogP) is 7.16. The van der Waals surface area contributed by atoms with Gasteiger partial charge in [0.2, 0.25) is 0 Å². The number of phenolic OH excluding ortho intramolecular Hbond substituents is 1. The highest BCUT2D eigenvalue weighted by atomic mass is 35.5. The monoisotopic (exact) mass is 575 g/mol. The number of nitrogens with one attached hydrogen (secondary N) is 1. The maximum atomic E-state index is 13.8. The first-order chi connectivity index (χ1) is 19.9. The van der Waals surface area contributed by atoms with Gasteiger partial charge in [0.25, 0.3) is 5.91 Å². The standard InChI is InChI=1S/C32H34ClN3O5/c1-4-5-6-7-16-41-26-15-10-21(17-27(26)40-3)31-28-29(24-18-22(33)11-14-25(24)37)34-35-30(28)32(38)36(31)19-20-8-12-23(39-2)13-9-20/h8-15,17-18,31,37H,4-7,16,19H2,1-3H3,(H,34,35). The van der Waals surface area contributed by atoms with Gasteiger partial charge in [0.1, 0.15) is 22.9 Å². The number of hydrogen-bond donors (Lipinski definition) is 2. The van der Waals surface area contributed by atoms with Gasteiger partial charge in [-0.1, -0.05) is 56.0 Å². The average Bonchev–Trinajstić information content (AvgIpc) is 3.53. The van der Waals surface area contributed by atoms with Crippen LogP contribution in [0.4, 0.5) is 0 Å². The number of methoxy groups -OCH3 is 2. The second-order valence-corrected chi connectivity index (χ2v) is 10.5. The number of phenols is 1. The average molecular weight is 576 g/mol. The van der Waals surface area contributed by atoms with Crippen LogP contribution in [-0.2, 0) is 6.54 Å². The number of fused-ring (bicyclic) bond motifs is 1. The Morgan fingerprint density at radius 1 is 0.976 bits per heavy atom. The van der Waals surface area contributed by atoms with Gasteiger partial charge in [0.05, 0.1) is 26.9 Å². The fourth-order valence-corrected chi connectivity index (χ4v) is 5.39. The first-order valence-electron chi connectivity index (χ1n) is 13.8. The van der Waals surface area contributed by atoms with Crippen molar-refractivity contribution in [2.24, 2.45) is 0 Å². The van der Waals surface area contributed by atoms with Crippen LogP contribution in [-0.4, -0.2) is 46.9 Å². The van der Waals surface area contributed by atoms with Crippen molar-refractivity contribution in [2.45, 2.75) is 45.2 Å². The topological polar surface area (TPSA) is 96.9 Å². The molecular weight excluding hydrogens is 542 g/mol. The minimum atomic E-state index is -0.515. The number of hydrogen-bond acceptors (Lipinski definition) is 6. The molecule has 8 nitrogen and oxygen atoms in total. The van der Waals surface area contributed by atoms with Gasteiger partial charge in [0.15, 0.2) is 11.5 Å². The Labute approximate surface area is 244 Å². The summed E-state index contributed by atoms with van der Waals surface area (Å²) < 4.78 is 17.1. The summed E-state index contributed by atoms with van der Waals surface area (Å²) in [4.78, 5) is 15.6. The number of ether oxygens (including phenoxy) is 3. The summed E-state index contributed by atoms with van der Waals surface area (Å²) >= 11 is 6.29. The molecule has 41 heavy (non-hydrogen) atoms. The van der Waals surface area contributed by atoms with E-state index in [1.165, 1.54) is 12.5 Å². The minimum absolute atomic E-state index is 0.0212. The van der Waals surface area contributed by atoms with Crippen molar-refractivity contribution in [2.75, 3.05) is 20.8 Å². The van der Waals surface area contributed by atoms with E-state index in [-0.39, 0.29) is 11.7 Å². The van der Waals surface area contributed by atoms with Gasteiger partial charge in [-0.15, -0.1) is 0 Å². The van der Waals surface area contributed by atoms with Gasteiger partial charge in [0, 0.05) is 22.7 Å². The summed E-state index contributed by atoms with van der Waals surface area (Å²) in [5.74, 6) is 1.79. The van der Waals surface area contributed by atoms with Crippen LogP contribution in [0.5, 0.6) is 23.0 Å². The summed E-state index contributed by atoms with van der Waals surface area (Å²) in [5, 5.41) is 18.5. The number of carbonyl (C=O) groups excluding carboxylic acids is 1. The number of amides is 1. The van der Waals surface area contributed by atoms with Crippen molar-refractivity contribution in [3.8, 4) is 34.3 Å². The summed E-state index contributed by atoms with van der Waals surface area (Å²) in [6.45, 7) is 3.12. The van der Waals surface area contributed by atoms with Crippen LogP contribution in [0.2, 0.25) is 5.02 Å².